The number of benzene rings is 2. The predicted octanol–water partition coefficient (Wildman–Crippen LogP) is 3.87. The van der Waals surface area contributed by atoms with Gasteiger partial charge in [0.15, 0.2) is 0 Å². The minimum atomic E-state index is -4.83. The number of pyridine rings is 1. The summed E-state index contributed by atoms with van der Waals surface area (Å²) in [5.41, 5.74) is -0.0221. The van der Waals surface area contributed by atoms with Crippen LogP contribution in [0.25, 0.3) is 10.9 Å². The number of hydrogen-bond acceptors (Lipinski definition) is 4. The third kappa shape index (κ3) is 4.34. The van der Waals surface area contributed by atoms with Gasteiger partial charge < -0.3 is 19.4 Å². The van der Waals surface area contributed by atoms with Crippen LogP contribution < -0.4 is 15.6 Å². The summed E-state index contributed by atoms with van der Waals surface area (Å²) in [4.78, 5) is 25.8. The van der Waals surface area contributed by atoms with Gasteiger partial charge in [0.1, 0.15) is 5.75 Å². The van der Waals surface area contributed by atoms with Crippen molar-refractivity contribution in [2.45, 2.75) is 24.7 Å². The Balaban J connectivity index is 1.74. The first-order valence-electron chi connectivity index (χ1n) is 10.0. The molecule has 1 fully saturated rings. The monoisotopic (exact) mass is 446 g/mol. The van der Waals surface area contributed by atoms with E-state index in [1.807, 2.05) is 0 Å². The van der Waals surface area contributed by atoms with Gasteiger partial charge in [-0.2, -0.15) is 0 Å². The molecular weight excluding hydrogens is 425 g/mol. The van der Waals surface area contributed by atoms with Gasteiger partial charge in [0.05, 0.1) is 16.6 Å². The molecule has 2 aromatic carbocycles. The van der Waals surface area contributed by atoms with Crippen molar-refractivity contribution >= 4 is 16.8 Å². The van der Waals surface area contributed by atoms with Crippen LogP contribution in [0.4, 0.5) is 13.2 Å². The zero-order chi connectivity index (χ0) is 22.9. The number of alkyl halides is 3. The highest BCUT2D eigenvalue weighted by Gasteiger charge is 2.38. The van der Waals surface area contributed by atoms with Crippen LogP contribution in [-0.2, 0) is 17.3 Å². The number of rotatable bonds is 4. The second-order valence-electron chi connectivity index (χ2n) is 7.70. The standard InChI is InChI=1S/C23H21F3N2O4/c1-28-19-8-3-2-7-17(19)18(14-20(28)29)21(30)27-22(9-11-31-12-10-22)15-5-4-6-16(13-15)32-23(24,25)26/h2-8,13-14H,9-12H2,1H3,(H,27,30). The zero-order valence-electron chi connectivity index (χ0n) is 17.2. The first-order chi connectivity index (χ1) is 15.2. The first-order valence-corrected chi connectivity index (χ1v) is 10.0. The van der Waals surface area contributed by atoms with E-state index in [2.05, 4.69) is 10.1 Å². The molecule has 0 saturated carbocycles. The molecular formula is C23H21F3N2O4. The Labute approximate surface area is 181 Å². The summed E-state index contributed by atoms with van der Waals surface area (Å²) >= 11 is 0. The average molecular weight is 446 g/mol. The van der Waals surface area contributed by atoms with Gasteiger partial charge in [0.2, 0.25) is 0 Å². The highest BCUT2D eigenvalue weighted by Crippen LogP contribution is 2.35. The topological polar surface area (TPSA) is 69.6 Å². The Morgan fingerprint density at radius 2 is 1.81 bits per heavy atom. The normalized spacial score (nSPS) is 16.0. The van der Waals surface area contributed by atoms with E-state index in [1.165, 1.54) is 28.8 Å². The quantitative estimate of drug-likeness (QED) is 0.661. The first kappa shape index (κ1) is 21.9. The molecule has 3 aromatic rings. The highest BCUT2D eigenvalue weighted by molar-refractivity contribution is 6.06. The molecule has 6 nitrogen and oxygen atoms in total. The van der Waals surface area contributed by atoms with E-state index in [-0.39, 0.29) is 16.9 Å². The van der Waals surface area contributed by atoms with Crippen molar-refractivity contribution in [2.24, 2.45) is 7.05 Å². The molecule has 0 unspecified atom stereocenters. The van der Waals surface area contributed by atoms with Crippen molar-refractivity contribution in [3.05, 3.63) is 76.1 Å². The lowest BCUT2D eigenvalue weighted by molar-refractivity contribution is -0.274. The SMILES string of the molecule is Cn1c(=O)cc(C(=O)NC2(c3cccc(OC(F)(F)F)c3)CCOCC2)c2ccccc21. The number of aryl methyl sites for hydroxylation is 1. The van der Waals surface area contributed by atoms with Crippen molar-refractivity contribution in [3.8, 4) is 5.75 Å². The van der Waals surface area contributed by atoms with E-state index >= 15 is 0 Å². The number of ether oxygens (including phenoxy) is 2. The highest BCUT2D eigenvalue weighted by atomic mass is 19.4. The minimum Gasteiger partial charge on any atom is -0.406 e. The molecule has 1 N–H and O–H groups in total. The summed E-state index contributed by atoms with van der Waals surface area (Å²) in [5.74, 6) is -0.850. The number of hydrogen-bond donors (Lipinski definition) is 1. The molecule has 168 valence electrons. The lowest BCUT2D eigenvalue weighted by atomic mass is 9.82. The van der Waals surface area contributed by atoms with Crippen molar-refractivity contribution in [1.82, 2.24) is 9.88 Å². The van der Waals surface area contributed by atoms with Crippen LogP contribution in [0, 0.1) is 0 Å². The average Bonchev–Trinajstić information content (AvgIpc) is 2.76. The molecule has 0 radical (unpaired) electrons. The molecule has 0 spiro atoms. The molecule has 0 bridgehead atoms. The van der Waals surface area contributed by atoms with Crippen LogP contribution in [0.5, 0.6) is 5.75 Å². The maximum absolute atomic E-state index is 13.4. The molecule has 9 heteroatoms. The number of fused-ring (bicyclic) bond motifs is 1. The van der Waals surface area contributed by atoms with Gasteiger partial charge >= 0.3 is 6.36 Å². The number of nitrogens with one attached hydrogen (secondary N) is 1. The van der Waals surface area contributed by atoms with Crippen molar-refractivity contribution in [1.29, 1.82) is 0 Å². The van der Waals surface area contributed by atoms with Crippen LogP contribution >= 0.6 is 0 Å². The Kier molecular flexibility index (Phi) is 5.68. The van der Waals surface area contributed by atoms with E-state index in [1.54, 1.807) is 37.4 Å². The van der Waals surface area contributed by atoms with Crippen molar-refractivity contribution in [2.75, 3.05) is 13.2 Å². The van der Waals surface area contributed by atoms with Crippen LogP contribution in [-0.4, -0.2) is 30.1 Å². The fourth-order valence-electron chi connectivity index (χ4n) is 4.08. The molecule has 1 amide bonds. The Morgan fingerprint density at radius 1 is 1.09 bits per heavy atom. The van der Waals surface area contributed by atoms with Crippen LogP contribution in [0.15, 0.2) is 59.4 Å². The summed E-state index contributed by atoms with van der Waals surface area (Å²) in [6.45, 7) is 0.643. The van der Waals surface area contributed by atoms with Gasteiger partial charge in [-0.05, 0) is 36.6 Å². The van der Waals surface area contributed by atoms with Crippen molar-refractivity contribution < 1.29 is 27.4 Å². The zero-order valence-corrected chi connectivity index (χ0v) is 17.2. The molecule has 2 heterocycles. The third-order valence-electron chi connectivity index (χ3n) is 5.72. The van der Waals surface area contributed by atoms with E-state index in [4.69, 9.17) is 4.74 Å². The lowest BCUT2D eigenvalue weighted by Gasteiger charge is -2.38. The number of carbonyl (C=O) groups is 1. The molecule has 1 saturated heterocycles. The number of carbonyl (C=O) groups excluding carboxylic acids is 1. The number of amides is 1. The Hall–Kier alpha value is -3.33. The third-order valence-corrected chi connectivity index (χ3v) is 5.72. The van der Waals surface area contributed by atoms with E-state index in [9.17, 15) is 22.8 Å². The van der Waals surface area contributed by atoms with Crippen molar-refractivity contribution in [3.63, 3.8) is 0 Å². The molecule has 0 atom stereocenters. The second-order valence-corrected chi connectivity index (χ2v) is 7.70. The largest absolute Gasteiger partial charge is 0.573 e. The molecule has 4 rings (SSSR count). The fourth-order valence-corrected chi connectivity index (χ4v) is 4.08. The Bertz CT molecular complexity index is 1210. The summed E-state index contributed by atoms with van der Waals surface area (Å²) < 4.78 is 49.1. The Morgan fingerprint density at radius 3 is 2.53 bits per heavy atom. The van der Waals surface area contributed by atoms with Crippen LogP contribution in [0.3, 0.4) is 0 Å². The summed E-state index contributed by atoms with van der Waals surface area (Å²) in [6, 6.07) is 13.9. The number of nitrogens with zero attached hydrogens (tertiary/aromatic N) is 1. The van der Waals surface area contributed by atoms with Crippen LogP contribution in [0.2, 0.25) is 0 Å². The molecule has 0 aliphatic carbocycles. The van der Waals surface area contributed by atoms with E-state index in [0.29, 0.717) is 42.5 Å². The van der Waals surface area contributed by atoms with Gasteiger partial charge in [-0.3, -0.25) is 9.59 Å². The molecule has 1 aliphatic rings. The number of para-hydroxylation sites is 1. The summed E-state index contributed by atoms with van der Waals surface area (Å²) in [6.07, 6.45) is -4.11. The molecule has 1 aliphatic heterocycles. The minimum absolute atomic E-state index is 0.206. The predicted molar refractivity (Wildman–Crippen MR) is 112 cm³/mol. The maximum Gasteiger partial charge on any atom is 0.573 e. The van der Waals surface area contributed by atoms with Crippen LogP contribution in [0.1, 0.15) is 28.8 Å². The van der Waals surface area contributed by atoms with Gasteiger partial charge in [0.25, 0.3) is 11.5 Å². The maximum atomic E-state index is 13.4. The number of halogens is 3. The second kappa shape index (κ2) is 8.31. The van der Waals surface area contributed by atoms with E-state index in [0.717, 1.165) is 0 Å². The van der Waals surface area contributed by atoms with Gasteiger partial charge in [-0.25, -0.2) is 0 Å². The fraction of sp³-hybridized carbons (Fsp3) is 0.304. The molecule has 1 aromatic heterocycles. The lowest BCUT2D eigenvalue weighted by Crippen LogP contribution is -2.49. The smallest absolute Gasteiger partial charge is 0.406 e. The van der Waals surface area contributed by atoms with E-state index < -0.39 is 17.8 Å². The summed E-state index contributed by atoms with van der Waals surface area (Å²) in [7, 11) is 1.62. The number of aromatic nitrogens is 1. The summed E-state index contributed by atoms with van der Waals surface area (Å²) in [5, 5.41) is 3.59. The van der Waals surface area contributed by atoms with Gasteiger partial charge in [-0.15, -0.1) is 13.2 Å². The van der Waals surface area contributed by atoms with Gasteiger partial charge in [0, 0.05) is 31.7 Å². The molecule has 32 heavy (non-hydrogen) atoms. The van der Waals surface area contributed by atoms with Gasteiger partial charge in [-0.1, -0.05) is 30.3 Å².